The molecule has 0 radical (unpaired) electrons. The summed E-state index contributed by atoms with van der Waals surface area (Å²) in [6.07, 6.45) is -3.98. The number of carbonyl (C=O) groups excluding carboxylic acids is 1. The van der Waals surface area contributed by atoms with E-state index in [1.165, 1.54) is 7.11 Å². The van der Waals surface area contributed by atoms with Gasteiger partial charge in [0.15, 0.2) is 0 Å². The van der Waals surface area contributed by atoms with E-state index in [1.54, 1.807) is 6.92 Å². The van der Waals surface area contributed by atoms with Crippen molar-refractivity contribution in [1.82, 2.24) is 5.32 Å². The van der Waals surface area contributed by atoms with E-state index in [0.717, 1.165) is 18.2 Å². The SMILES string of the molecule is COCCC(C)NC(=O)c1cc(C(F)(F)F)ccc1NN. The number of nitrogen functional groups attached to an aromatic ring is 1. The molecule has 0 aliphatic heterocycles. The van der Waals surface area contributed by atoms with E-state index in [0.29, 0.717) is 13.0 Å². The second-order valence-corrected chi connectivity index (χ2v) is 4.56. The van der Waals surface area contributed by atoms with Crippen LogP contribution in [0.2, 0.25) is 0 Å². The molecule has 0 saturated carbocycles. The molecule has 0 bridgehead atoms. The fourth-order valence-corrected chi connectivity index (χ4v) is 1.70. The lowest BCUT2D eigenvalue weighted by molar-refractivity contribution is -0.137. The number of anilines is 1. The molecule has 0 aliphatic rings. The molecule has 21 heavy (non-hydrogen) atoms. The van der Waals surface area contributed by atoms with Crippen molar-refractivity contribution in [2.75, 3.05) is 19.1 Å². The molecule has 5 nitrogen and oxygen atoms in total. The van der Waals surface area contributed by atoms with E-state index in [1.807, 2.05) is 0 Å². The van der Waals surface area contributed by atoms with E-state index in [9.17, 15) is 18.0 Å². The smallest absolute Gasteiger partial charge is 0.385 e. The van der Waals surface area contributed by atoms with Gasteiger partial charge in [0, 0.05) is 19.8 Å². The lowest BCUT2D eigenvalue weighted by Gasteiger charge is -2.16. The maximum absolute atomic E-state index is 12.7. The Morgan fingerprint density at radius 2 is 2.10 bits per heavy atom. The summed E-state index contributed by atoms with van der Waals surface area (Å²) >= 11 is 0. The fraction of sp³-hybridized carbons (Fsp3) is 0.462. The van der Waals surface area contributed by atoms with Crippen LogP contribution in [-0.4, -0.2) is 25.7 Å². The van der Waals surface area contributed by atoms with Crippen molar-refractivity contribution in [3.63, 3.8) is 0 Å². The Hall–Kier alpha value is -1.80. The molecule has 1 rings (SSSR count). The minimum absolute atomic E-state index is 0.124. The van der Waals surface area contributed by atoms with Crippen molar-refractivity contribution in [2.45, 2.75) is 25.6 Å². The summed E-state index contributed by atoms with van der Waals surface area (Å²) in [5, 5.41) is 2.60. The number of hydrogen-bond donors (Lipinski definition) is 3. The van der Waals surface area contributed by atoms with Crippen molar-refractivity contribution in [2.24, 2.45) is 5.84 Å². The predicted molar refractivity (Wildman–Crippen MR) is 72.7 cm³/mol. The highest BCUT2D eigenvalue weighted by molar-refractivity contribution is 5.99. The van der Waals surface area contributed by atoms with E-state index in [2.05, 4.69) is 10.7 Å². The maximum atomic E-state index is 12.7. The number of carbonyl (C=O) groups is 1. The molecule has 0 spiro atoms. The fourth-order valence-electron chi connectivity index (χ4n) is 1.70. The molecule has 1 aromatic carbocycles. The lowest BCUT2D eigenvalue weighted by atomic mass is 10.1. The zero-order valence-electron chi connectivity index (χ0n) is 11.8. The van der Waals surface area contributed by atoms with Crippen LogP contribution in [0.15, 0.2) is 18.2 Å². The first-order chi connectivity index (χ1) is 9.79. The first-order valence-electron chi connectivity index (χ1n) is 6.27. The van der Waals surface area contributed by atoms with Crippen molar-refractivity contribution in [3.8, 4) is 0 Å². The Morgan fingerprint density at radius 1 is 1.43 bits per heavy atom. The van der Waals surface area contributed by atoms with Gasteiger partial charge in [-0.25, -0.2) is 0 Å². The summed E-state index contributed by atoms with van der Waals surface area (Å²) < 4.78 is 43.0. The Bertz CT molecular complexity index is 492. The van der Waals surface area contributed by atoms with Crippen LogP contribution in [-0.2, 0) is 10.9 Å². The molecular weight excluding hydrogens is 287 g/mol. The number of hydrazine groups is 1. The quantitative estimate of drug-likeness (QED) is 0.556. The van der Waals surface area contributed by atoms with Gasteiger partial charge in [0.1, 0.15) is 0 Å². The zero-order chi connectivity index (χ0) is 16.0. The van der Waals surface area contributed by atoms with Gasteiger partial charge in [0.2, 0.25) is 0 Å². The van der Waals surface area contributed by atoms with Gasteiger partial charge in [-0.15, -0.1) is 0 Å². The maximum Gasteiger partial charge on any atom is 0.416 e. The Morgan fingerprint density at radius 3 is 2.62 bits per heavy atom. The second-order valence-electron chi connectivity index (χ2n) is 4.56. The van der Waals surface area contributed by atoms with E-state index in [4.69, 9.17) is 10.6 Å². The van der Waals surface area contributed by atoms with Crippen LogP contribution in [0, 0.1) is 0 Å². The summed E-state index contributed by atoms with van der Waals surface area (Å²) in [5.74, 6) is 4.60. The number of hydrogen-bond acceptors (Lipinski definition) is 4. The van der Waals surface area contributed by atoms with Crippen LogP contribution < -0.4 is 16.6 Å². The van der Waals surface area contributed by atoms with Crippen LogP contribution in [0.3, 0.4) is 0 Å². The van der Waals surface area contributed by atoms with Crippen LogP contribution in [0.1, 0.15) is 29.3 Å². The summed E-state index contributed by atoms with van der Waals surface area (Å²) in [7, 11) is 1.53. The van der Waals surface area contributed by atoms with Gasteiger partial charge >= 0.3 is 6.18 Å². The molecule has 1 amide bonds. The number of nitrogens with one attached hydrogen (secondary N) is 2. The highest BCUT2D eigenvalue weighted by Crippen LogP contribution is 2.31. The molecule has 0 saturated heterocycles. The number of nitrogens with two attached hydrogens (primary N) is 1. The van der Waals surface area contributed by atoms with Gasteiger partial charge in [-0.05, 0) is 31.5 Å². The van der Waals surface area contributed by atoms with E-state index < -0.39 is 17.6 Å². The average molecular weight is 305 g/mol. The molecule has 0 aromatic heterocycles. The Kier molecular flexibility index (Phi) is 5.98. The molecule has 1 unspecified atom stereocenters. The predicted octanol–water partition coefficient (Wildman–Crippen LogP) is 2.15. The first kappa shape index (κ1) is 17.3. The number of benzene rings is 1. The van der Waals surface area contributed by atoms with Crippen molar-refractivity contribution in [1.29, 1.82) is 0 Å². The third-order valence-corrected chi connectivity index (χ3v) is 2.88. The van der Waals surface area contributed by atoms with Crippen LogP contribution in [0.4, 0.5) is 18.9 Å². The Balaban J connectivity index is 2.96. The topological polar surface area (TPSA) is 76.4 Å². The van der Waals surface area contributed by atoms with Crippen LogP contribution in [0.5, 0.6) is 0 Å². The molecule has 0 fully saturated rings. The standard InChI is InChI=1S/C13H18F3N3O2/c1-8(5-6-21-2)18-12(20)10-7-9(13(14,15)16)3-4-11(10)19-17/h3-4,7-8,19H,5-6,17H2,1-2H3,(H,18,20). The molecule has 4 N–H and O–H groups in total. The third kappa shape index (κ3) is 4.91. The molecule has 118 valence electrons. The molecule has 1 atom stereocenters. The highest BCUT2D eigenvalue weighted by Gasteiger charge is 2.31. The van der Waals surface area contributed by atoms with Gasteiger partial charge in [-0.3, -0.25) is 10.6 Å². The zero-order valence-corrected chi connectivity index (χ0v) is 11.8. The molecule has 0 aliphatic carbocycles. The minimum atomic E-state index is -4.52. The number of methoxy groups -OCH3 is 1. The molecule has 8 heteroatoms. The second kappa shape index (κ2) is 7.28. The molecule has 0 heterocycles. The van der Waals surface area contributed by atoms with Gasteiger partial charge in [-0.1, -0.05) is 0 Å². The van der Waals surface area contributed by atoms with Crippen molar-refractivity contribution < 1.29 is 22.7 Å². The first-order valence-corrected chi connectivity index (χ1v) is 6.27. The van der Waals surface area contributed by atoms with Crippen LogP contribution >= 0.6 is 0 Å². The summed E-state index contributed by atoms with van der Waals surface area (Å²) in [6, 6.07) is 2.52. The largest absolute Gasteiger partial charge is 0.416 e. The summed E-state index contributed by atoms with van der Waals surface area (Å²) in [4.78, 5) is 12.1. The van der Waals surface area contributed by atoms with Crippen molar-refractivity contribution in [3.05, 3.63) is 29.3 Å². The third-order valence-electron chi connectivity index (χ3n) is 2.88. The number of halogens is 3. The minimum Gasteiger partial charge on any atom is -0.385 e. The van der Waals surface area contributed by atoms with Gasteiger partial charge in [0.25, 0.3) is 5.91 Å². The highest BCUT2D eigenvalue weighted by atomic mass is 19.4. The monoisotopic (exact) mass is 305 g/mol. The van der Waals surface area contributed by atoms with E-state index in [-0.39, 0.29) is 17.3 Å². The molecule has 1 aromatic rings. The normalized spacial score (nSPS) is 12.9. The average Bonchev–Trinajstić information content (AvgIpc) is 2.43. The summed E-state index contributed by atoms with van der Waals surface area (Å²) in [5.41, 5.74) is 1.28. The number of rotatable bonds is 6. The van der Waals surface area contributed by atoms with Gasteiger partial charge in [-0.2, -0.15) is 13.2 Å². The number of ether oxygens (including phenoxy) is 1. The van der Waals surface area contributed by atoms with Gasteiger partial charge in [0.05, 0.1) is 16.8 Å². The summed E-state index contributed by atoms with van der Waals surface area (Å²) in [6.45, 7) is 2.17. The van der Waals surface area contributed by atoms with Gasteiger partial charge < -0.3 is 15.5 Å². The Labute approximate surface area is 120 Å². The van der Waals surface area contributed by atoms with Crippen molar-refractivity contribution >= 4 is 11.6 Å². The lowest BCUT2D eigenvalue weighted by Crippen LogP contribution is -2.34. The van der Waals surface area contributed by atoms with Crippen LogP contribution in [0.25, 0.3) is 0 Å². The number of amides is 1. The number of alkyl halides is 3. The van der Waals surface area contributed by atoms with E-state index >= 15 is 0 Å². The molecular formula is C13H18F3N3O2.